The number of amides is 1. The summed E-state index contributed by atoms with van der Waals surface area (Å²) >= 11 is 5.85. The van der Waals surface area contributed by atoms with Gasteiger partial charge in [-0.25, -0.2) is 9.97 Å². The summed E-state index contributed by atoms with van der Waals surface area (Å²) in [6.45, 7) is 0.393. The molecule has 0 spiro atoms. The number of carbonyl (C=O) groups excluding carboxylic acids is 1. The van der Waals surface area contributed by atoms with Crippen LogP contribution in [0.4, 0.5) is 0 Å². The molecule has 0 radical (unpaired) electrons. The number of nitrogens with one attached hydrogen (secondary N) is 1. The first-order valence-corrected chi connectivity index (χ1v) is 9.32. The van der Waals surface area contributed by atoms with Crippen LogP contribution in [0.5, 0.6) is 0 Å². The Kier molecular flexibility index (Phi) is 6.38. The number of aliphatic hydroxyl groups excluding tert-OH is 1. The minimum absolute atomic E-state index is 0.0350. The summed E-state index contributed by atoms with van der Waals surface area (Å²) in [5, 5.41) is 12.4. The Morgan fingerprint density at radius 1 is 1.29 bits per heavy atom. The van der Waals surface area contributed by atoms with E-state index < -0.39 is 0 Å². The molecule has 1 aromatic carbocycles. The monoisotopic (exact) mass is 400 g/mol. The fraction of sp³-hybridized carbons (Fsp3) is 0.300. The molecule has 146 valence electrons. The van der Waals surface area contributed by atoms with Crippen LogP contribution in [0.25, 0.3) is 11.0 Å². The van der Waals surface area contributed by atoms with Crippen LogP contribution < -0.4 is 10.7 Å². The second-order valence-electron chi connectivity index (χ2n) is 6.52. The van der Waals surface area contributed by atoms with Crippen LogP contribution in [0.2, 0.25) is 5.02 Å². The normalized spacial score (nSPS) is 11.0. The van der Waals surface area contributed by atoms with Gasteiger partial charge in [0.2, 0.25) is 11.3 Å². The van der Waals surface area contributed by atoms with Crippen LogP contribution in [0, 0.1) is 0 Å². The van der Waals surface area contributed by atoms with Crippen LogP contribution in [0.15, 0.2) is 41.5 Å². The van der Waals surface area contributed by atoms with Gasteiger partial charge in [0.1, 0.15) is 11.3 Å². The molecule has 2 heterocycles. The molecule has 2 aromatic heterocycles. The second-order valence-corrected chi connectivity index (χ2v) is 6.96. The van der Waals surface area contributed by atoms with Crippen molar-refractivity contribution < 1.29 is 9.90 Å². The van der Waals surface area contributed by atoms with Crippen molar-refractivity contribution in [2.75, 3.05) is 6.61 Å². The van der Waals surface area contributed by atoms with Gasteiger partial charge in [0.25, 0.3) is 0 Å². The van der Waals surface area contributed by atoms with Gasteiger partial charge in [-0.1, -0.05) is 23.7 Å². The van der Waals surface area contributed by atoms with Crippen LogP contribution in [-0.4, -0.2) is 32.2 Å². The largest absolute Gasteiger partial charge is 0.396 e. The Morgan fingerprint density at radius 3 is 2.75 bits per heavy atom. The summed E-state index contributed by atoms with van der Waals surface area (Å²) in [6.07, 6.45) is 4.22. The van der Waals surface area contributed by atoms with Gasteiger partial charge in [0, 0.05) is 43.4 Å². The number of halogens is 1. The summed E-state index contributed by atoms with van der Waals surface area (Å²) in [4.78, 5) is 33.7. The van der Waals surface area contributed by atoms with Crippen molar-refractivity contribution in [2.45, 2.75) is 25.8 Å². The number of aromatic nitrogens is 3. The van der Waals surface area contributed by atoms with Gasteiger partial charge in [-0.05, 0) is 24.1 Å². The van der Waals surface area contributed by atoms with Crippen LogP contribution in [-0.2, 0) is 31.2 Å². The highest BCUT2D eigenvalue weighted by molar-refractivity contribution is 6.30. The van der Waals surface area contributed by atoms with Crippen molar-refractivity contribution in [2.24, 2.45) is 7.05 Å². The van der Waals surface area contributed by atoms with Gasteiger partial charge in [-0.15, -0.1) is 0 Å². The van der Waals surface area contributed by atoms with E-state index in [9.17, 15) is 9.59 Å². The first-order chi connectivity index (χ1) is 13.5. The molecule has 2 N–H and O–H groups in total. The summed E-state index contributed by atoms with van der Waals surface area (Å²) in [7, 11) is 1.79. The maximum atomic E-state index is 12.8. The molecule has 0 saturated carbocycles. The molecule has 0 atom stereocenters. The highest BCUT2D eigenvalue weighted by atomic mass is 35.5. The molecule has 3 aromatic rings. The molecule has 0 saturated heterocycles. The number of nitrogens with zero attached hydrogens (tertiary/aromatic N) is 3. The summed E-state index contributed by atoms with van der Waals surface area (Å²) in [5.74, 6) is 0.254. The van der Waals surface area contributed by atoms with Crippen molar-refractivity contribution in [3.63, 3.8) is 0 Å². The van der Waals surface area contributed by atoms with Crippen LogP contribution in [0.3, 0.4) is 0 Å². The molecule has 3 rings (SSSR count). The average Bonchev–Trinajstić information content (AvgIpc) is 2.69. The van der Waals surface area contributed by atoms with Crippen molar-refractivity contribution in [3.05, 3.63) is 68.9 Å². The third kappa shape index (κ3) is 4.74. The Balaban J connectivity index is 1.77. The molecule has 1 amide bonds. The molecule has 0 unspecified atom stereocenters. The highest BCUT2D eigenvalue weighted by Crippen LogP contribution is 2.11. The molecular weight excluding hydrogens is 380 g/mol. The van der Waals surface area contributed by atoms with E-state index in [0.717, 1.165) is 5.56 Å². The highest BCUT2D eigenvalue weighted by Gasteiger charge is 2.13. The molecule has 0 aliphatic heterocycles. The molecule has 7 nitrogen and oxygen atoms in total. The number of hydrogen-bond donors (Lipinski definition) is 2. The lowest BCUT2D eigenvalue weighted by atomic mass is 10.1. The SMILES string of the molecule is Cn1cc(CC(=O)NCc2ccc(Cl)cc2)c(=O)c2nc(CCCO)ncc21. The van der Waals surface area contributed by atoms with E-state index in [4.69, 9.17) is 16.7 Å². The minimum atomic E-state index is -0.276. The fourth-order valence-corrected chi connectivity index (χ4v) is 3.00. The fourth-order valence-electron chi connectivity index (χ4n) is 2.87. The zero-order valence-corrected chi connectivity index (χ0v) is 16.2. The number of fused-ring (bicyclic) bond motifs is 1. The van der Waals surface area contributed by atoms with E-state index in [2.05, 4.69) is 15.3 Å². The smallest absolute Gasteiger partial charge is 0.224 e. The Hall–Kier alpha value is -2.77. The lowest BCUT2D eigenvalue weighted by Crippen LogP contribution is -2.27. The molecular formula is C20H21ClN4O3. The average molecular weight is 401 g/mol. The van der Waals surface area contributed by atoms with Gasteiger partial charge in [-0.3, -0.25) is 9.59 Å². The van der Waals surface area contributed by atoms with Crippen LogP contribution >= 0.6 is 11.6 Å². The Labute approximate surface area is 167 Å². The lowest BCUT2D eigenvalue weighted by Gasteiger charge is -2.10. The number of aryl methyl sites for hydroxylation is 2. The van der Waals surface area contributed by atoms with Gasteiger partial charge in [0.15, 0.2) is 0 Å². The maximum absolute atomic E-state index is 12.8. The molecule has 28 heavy (non-hydrogen) atoms. The topological polar surface area (TPSA) is 97.1 Å². The van der Waals surface area contributed by atoms with E-state index in [-0.39, 0.29) is 29.9 Å². The van der Waals surface area contributed by atoms with E-state index in [1.54, 1.807) is 36.1 Å². The first-order valence-electron chi connectivity index (χ1n) is 8.94. The van der Waals surface area contributed by atoms with Gasteiger partial charge >= 0.3 is 0 Å². The van der Waals surface area contributed by atoms with E-state index in [1.807, 2.05) is 12.1 Å². The number of benzene rings is 1. The third-order valence-corrected chi connectivity index (χ3v) is 4.62. The minimum Gasteiger partial charge on any atom is -0.396 e. The summed E-state index contributed by atoms with van der Waals surface area (Å²) in [5.41, 5.74) is 1.90. The van der Waals surface area contributed by atoms with Crippen LogP contribution in [0.1, 0.15) is 23.4 Å². The zero-order valence-electron chi connectivity index (χ0n) is 15.5. The van der Waals surface area contributed by atoms with Gasteiger partial charge < -0.3 is 15.0 Å². The molecule has 0 aliphatic rings. The van der Waals surface area contributed by atoms with E-state index in [1.165, 1.54) is 0 Å². The summed E-state index contributed by atoms with van der Waals surface area (Å²) < 4.78 is 1.74. The van der Waals surface area contributed by atoms with Gasteiger partial charge in [-0.2, -0.15) is 0 Å². The number of hydrogen-bond acceptors (Lipinski definition) is 5. The zero-order chi connectivity index (χ0) is 20.1. The standard InChI is InChI=1S/C20H21ClN4O3/c1-25-12-14(9-18(27)23-10-13-4-6-15(21)7-5-13)20(28)19-16(25)11-22-17(24-19)3-2-8-26/h4-7,11-12,26H,2-3,8-10H2,1H3,(H,23,27). The maximum Gasteiger partial charge on any atom is 0.224 e. The molecule has 0 fully saturated rings. The third-order valence-electron chi connectivity index (χ3n) is 4.37. The quantitative estimate of drug-likeness (QED) is 0.630. The molecule has 0 bridgehead atoms. The van der Waals surface area contributed by atoms with E-state index >= 15 is 0 Å². The van der Waals surface area contributed by atoms with Crippen molar-refractivity contribution in [1.29, 1.82) is 0 Å². The number of rotatable bonds is 7. The van der Waals surface area contributed by atoms with Crippen molar-refractivity contribution in [1.82, 2.24) is 19.9 Å². The molecule has 8 heteroatoms. The summed E-state index contributed by atoms with van der Waals surface area (Å²) in [6, 6.07) is 7.19. The number of carbonyl (C=O) groups is 1. The second kappa shape index (κ2) is 8.95. The van der Waals surface area contributed by atoms with E-state index in [0.29, 0.717) is 41.3 Å². The Bertz CT molecular complexity index is 1050. The lowest BCUT2D eigenvalue weighted by molar-refractivity contribution is -0.120. The molecule has 0 aliphatic carbocycles. The van der Waals surface area contributed by atoms with Crippen molar-refractivity contribution >= 4 is 28.5 Å². The number of pyridine rings is 1. The van der Waals surface area contributed by atoms with Crippen molar-refractivity contribution in [3.8, 4) is 0 Å². The predicted octanol–water partition coefficient (Wildman–Crippen LogP) is 1.77. The first kappa shape index (κ1) is 20.0. The Morgan fingerprint density at radius 2 is 2.04 bits per heavy atom. The van der Waals surface area contributed by atoms with Gasteiger partial charge in [0.05, 0.1) is 18.1 Å². The number of aliphatic hydroxyl groups is 1. The predicted molar refractivity (Wildman–Crippen MR) is 107 cm³/mol.